The van der Waals surface area contributed by atoms with Gasteiger partial charge in [0.05, 0.1) is 10.9 Å². The standard InChI is InChI=1S/C13H19N3S2/c1-4-7-14-10(5-2)12-15-16-13(18-12)11-9(3)6-8-17-11/h6,8,10,14H,4-5,7H2,1-3H3. The molecule has 0 saturated heterocycles. The molecule has 0 bridgehead atoms. The number of nitrogens with one attached hydrogen (secondary N) is 1. The van der Waals surface area contributed by atoms with Crippen LogP contribution in [0.3, 0.4) is 0 Å². The first-order valence-corrected chi connectivity index (χ1v) is 8.07. The molecule has 18 heavy (non-hydrogen) atoms. The minimum atomic E-state index is 0.344. The molecule has 2 rings (SSSR count). The van der Waals surface area contributed by atoms with E-state index < -0.39 is 0 Å². The summed E-state index contributed by atoms with van der Waals surface area (Å²) in [5.41, 5.74) is 1.29. The molecule has 2 heterocycles. The zero-order chi connectivity index (χ0) is 13.0. The summed E-state index contributed by atoms with van der Waals surface area (Å²) in [6.45, 7) is 7.52. The fourth-order valence-corrected chi connectivity index (χ4v) is 3.86. The Morgan fingerprint density at radius 3 is 2.78 bits per heavy atom. The van der Waals surface area contributed by atoms with E-state index in [0.29, 0.717) is 6.04 Å². The molecule has 1 unspecified atom stereocenters. The highest BCUT2D eigenvalue weighted by molar-refractivity contribution is 7.20. The fraction of sp³-hybridized carbons (Fsp3) is 0.538. The lowest BCUT2D eigenvalue weighted by atomic mass is 10.2. The van der Waals surface area contributed by atoms with Crippen molar-refractivity contribution in [1.29, 1.82) is 0 Å². The van der Waals surface area contributed by atoms with Gasteiger partial charge in [0.1, 0.15) is 5.01 Å². The van der Waals surface area contributed by atoms with Gasteiger partial charge in [0.25, 0.3) is 0 Å². The second-order valence-corrected chi connectivity index (χ2v) is 6.22. The van der Waals surface area contributed by atoms with E-state index in [2.05, 4.69) is 47.7 Å². The number of nitrogens with zero attached hydrogens (tertiary/aromatic N) is 2. The molecule has 0 fully saturated rings. The average molecular weight is 281 g/mol. The lowest BCUT2D eigenvalue weighted by molar-refractivity contribution is 0.513. The number of hydrogen-bond donors (Lipinski definition) is 1. The van der Waals surface area contributed by atoms with Crippen molar-refractivity contribution in [1.82, 2.24) is 15.5 Å². The molecule has 1 atom stereocenters. The summed E-state index contributed by atoms with van der Waals surface area (Å²) < 4.78 is 0. The van der Waals surface area contributed by atoms with Crippen molar-refractivity contribution in [3.8, 4) is 9.88 Å². The van der Waals surface area contributed by atoms with E-state index >= 15 is 0 Å². The van der Waals surface area contributed by atoms with E-state index in [-0.39, 0.29) is 0 Å². The van der Waals surface area contributed by atoms with Gasteiger partial charge in [-0.25, -0.2) is 0 Å². The van der Waals surface area contributed by atoms with Crippen LogP contribution in [-0.4, -0.2) is 16.7 Å². The van der Waals surface area contributed by atoms with E-state index in [9.17, 15) is 0 Å². The van der Waals surface area contributed by atoms with Gasteiger partial charge in [0.2, 0.25) is 0 Å². The van der Waals surface area contributed by atoms with Gasteiger partial charge in [-0.2, -0.15) is 0 Å². The molecular weight excluding hydrogens is 262 g/mol. The van der Waals surface area contributed by atoms with E-state index in [1.807, 2.05) is 0 Å². The van der Waals surface area contributed by atoms with Crippen molar-refractivity contribution in [2.24, 2.45) is 0 Å². The summed E-state index contributed by atoms with van der Waals surface area (Å²) in [5.74, 6) is 0. The van der Waals surface area contributed by atoms with Crippen LogP contribution < -0.4 is 5.32 Å². The van der Waals surface area contributed by atoms with Crippen LogP contribution in [-0.2, 0) is 0 Å². The summed E-state index contributed by atoms with van der Waals surface area (Å²) >= 11 is 3.45. The predicted molar refractivity (Wildman–Crippen MR) is 79.3 cm³/mol. The molecule has 5 heteroatoms. The molecule has 0 aromatic carbocycles. The van der Waals surface area contributed by atoms with Gasteiger partial charge < -0.3 is 5.32 Å². The quantitative estimate of drug-likeness (QED) is 0.869. The molecule has 0 aliphatic heterocycles. The fourth-order valence-electron chi connectivity index (χ4n) is 1.78. The number of aromatic nitrogens is 2. The third-order valence-corrected chi connectivity index (χ3v) is 5.05. The third kappa shape index (κ3) is 2.96. The first-order valence-electron chi connectivity index (χ1n) is 6.37. The second-order valence-electron chi connectivity index (χ2n) is 4.29. The molecule has 0 amide bonds. The number of rotatable bonds is 6. The van der Waals surface area contributed by atoms with Crippen LogP contribution in [0.2, 0.25) is 0 Å². The average Bonchev–Trinajstić information content (AvgIpc) is 2.99. The van der Waals surface area contributed by atoms with E-state index in [4.69, 9.17) is 0 Å². The van der Waals surface area contributed by atoms with Crippen LogP contribution in [0.5, 0.6) is 0 Å². The van der Waals surface area contributed by atoms with Crippen LogP contribution in [0.15, 0.2) is 11.4 Å². The molecule has 2 aromatic heterocycles. The van der Waals surface area contributed by atoms with Gasteiger partial charge in [-0.3, -0.25) is 0 Å². The highest BCUT2D eigenvalue weighted by Gasteiger charge is 2.16. The Kier molecular flexibility index (Phi) is 4.86. The van der Waals surface area contributed by atoms with Crippen LogP contribution >= 0.6 is 22.7 Å². The van der Waals surface area contributed by atoms with Crippen LogP contribution in [0.1, 0.15) is 43.3 Å². The van der Waals surface area contributed by atoms with Gasteiger partial charge >= 0.3 is 0 Å². The van der Waals surface area contributed by atoms with Crippen molar-refractivity contribution in [2.45, 2.75) is 39.7 Å². The van der Waals surface area contributed by atoms with Crippen molar-refractivity contribution in [3.05, 3.63) is 22.0 Å². The summed E-state index contributed by atoms with van der Waals surface area (Å²) in [6, 6.07) is 2.48. The Morgan fingerprint density at radius 1 is 1.33 bits per heavy atom. The Balaban J connectivity index is 2.16. The van der Waals surface area contributed by atoms with E-state index in [0.717, 1.165) is 29.4 Å². The molecule has 0 aliphatic rings. The Morgan fingerprint density at radius 2 is 2.17 bits per heavy atom. The van der Waals surface area contributed by atoms with Crippen LogP contribution in [0.25, 0.3) is 9.88 Å². The van der Waals surface area contributed by atoms with Crippen LogP contribution in [0.4, 0.5) is 0 Å². The summed E-state index contributed by atoms with van der Waals surface area (Å²) in [7, 11) is 0. The monoisotopic (exact) mass is 281 g/mol. The Bertz CT molecular complexity index is 490. The summed E-state index contributed by atoms with van der Waals surface area (Å²) in [6.07, 6.45) is 2.20. The highest BCUT2D eigenvalue weighted by atomic mass is 32.1. The highest BCUT2D eigenvalue weighted by Crippen LogP contribution is 2.33. The maximum absolute atomic E-state index is 4.35. The maximum atomic E-state index is 4.35. The molecule has 98 valence electrons. The van der Waals surface area contributed by atoms with E-state index in [1.54, 1.807) is 22.7 Å². The molecule has 2 aromatic rings. The first-order chi connectivity index (χ1) is 8.76. The lowest BCUT2D eigenvalue weighted by Crippen LogP contribution is -2.21. The molecule has 0 radical (unpaired) electrons. The number of thiophene rings is 1. The zero-order valence-electron chi connectivity index (χ0n) is 11.1. The Hall–Kier alpha value is -0.780. The molecular formula is C13H19N3S2. The van der Waals surface area contributed by atoms with Gasteiger partial charge in [0, 0.05) is 0 Å². The number of aryl methyl sites for hydroxylation is 1. The molecule has 0 saturated carbocycles. The predicted octanol–water partition coefficient (Wildman–Crippen LogP) is 4.03. The molecule has 3 nitrogen and oxygen atoms in total. The van der Waals surface area contributed by atoms with Crippen molar-refractivity contribution in [3.63, 3.8) is 0 Å². The van der Waals surface area contributed by atoms with Crippen LogP contribution in [0, 0.1) is 6.92 Å². The second kappa shape index (κ2) is 6.41. The number of hydrogen-bond acceptors (Lipinski definition) is 5. The summed E-state index contributed by atoms with van der Waals surface area (Å²) in [5, 5.41) is 16.5. The first kappa shape index (κ1) is 13.6. The van der Waals surface area contributed by atoms with Crippen molar-refractivity contribution in [2.75, 3.05) is 6.54 Å². The van der Waals surface area contributed by atoms with Gasteiger partial charge in [-0.05, 0) is 43.3 Å². The van der Waals surface area contributed by atoms with Gasteiger partial charge in [-0.1, -0.05) is 25.2 Å². The zero-order valence-corrected chi connectivity index (χ0v) is 12.7. The third-order valence-electron chi connectivity index (χ3n) is 2.84. The Labute approximate surface area is 116 Å². The SMILES string of the molecule is CCCNC(CC)c1nnc(-c2sccc2C)s1. The molecule has 1 N–H and O–H groups in total. The van der Waals surface area contributed by atoms with Crippen molar-refractivity contribution >= 4 is 22.7 Å². The molecule has 0 spiro atoms. The van der Waals surface area contributed by atoms with E-state index in [1.165, 1.54) is 10.4 Å². The topological polar surface area (TPSA) is 37.8 Å². The van der Waals surface area contributed by atoms with Gasteiger partial charge in [-0.15, -0.1) is 21.5 Å². The largest absolute Gasteiger partial charge is 0.308 e. The van der Waals surface area contributed by atoms with Gasteiger partial charge in [0.15, 0.2) is 5.01 Å². The summed E-state index contributed by atoms with van der Waals surface area (Å²) in [4.78, 5) is 1.25. The minimum absolute atomic E-state index is 0.344. The minimum Gasteiger partial charge on any atom is -0.308 e. The molecule has 0 aliphatic carbocycles. The normalized spacial score (nSPS) is 12.8. The lowest BCUT2D eigenvalue weighted by Gasteiger charge is -2.12. The van der Waals surface area contributed by atoms with Crippen molar-refractivity contribution < 1.29 is 0 Å². The smallest absolute Gasteiger partial charge is 0.158 e. The maximum Gasteiger partial charge on any atom is 0.158 e.